The lowest BCUT2D eigenvalue weighted by molar-refractivity contribution is -0.114. The molecule has 0 aliphatic heterocycles. The van der Waals surface area contributed by atoms with E-state index in [4.69, 9.17) is 19.0 Å². The molecule has 1 aromatic rings. The summed E-state index contributed by atoms with van der Waals surface area (Å²) in [5.41, 5.74) is 0.647. The highest BCUT2D eigenvalue weighted by atomic mass is 31.2. The zero-order chi connectivity index (χ0) is 14.3. The molecule has 0 aliphatic rings. The summed E-state index contributed by atoms with van der Waals surface area (Å²) in [6, 6.07) is 6.60. The Kier molecular flexibility index (Phi) is 6.29. The minimum Gasteiger partial charge on any atom is -0.426 e. The molecule has 0 radical (unpaired) electrons. The highest BCUT2D eigenvalue weighted by Gasteiger charge is 2.08. The molecule has 0 aromatic heterocycles. The van der Waals surface area contributed by atoms with Crippen LogP contribution >= 0.6 is 8.60 Å². The van der Waals surface area contributed by atoms with E-state index in [0.29, 0.717) is 17.9 Å². The molecule has 0 fully saturated rings. The molecule has 1 rings (SSSR count). The van der Waals surface area contributed by atoms with Crippen LogP contribution in [0.2, 0.25) is 0 Å². The molecule has 7 heteroatoms. The van der Waals surface area contributed by atoms with Gasteiger partial charge < -0.3 is 24.4 Å². The lowest BCUT2D eigenvalue weighted by atomic mass is 10.3. The van der Waals surface area contributed by atoms with Crippen LogP contribution in [0.3, 0.4) is 0 Å². The minimum absolute atomic E-state index is 0.0332. The second-order valence-electron chi connectivity index (χ2n) is 3.58. The standard InChI is InChI=1S/C12H16NO5P/c1-3-4-12(18-19(15)16)17-11-7-5-10(6-8-11)13-9(2)14/h4-8,15-16H,3H2,1-2H3,(H,13,14)/b12-4+. The Morgan fingerprint density at radius 2 is 2.00 bits per heavy atom. The molecule has 0 unspecified atom stereocenters. The molecule has 0 bridgehead atoms. The summed E-state index contributed by atoms with van der Waals surface area (Å²) < 4.78 is 10.1. The highest BCUT2D eigenvalue weighted by Crippen LogP contribution is 2.30. The van der Waals surface area contributed by atoms with Crippen molar-refractivity contribution in [1.29, 1.82) is 0 Å². The number of anilines is 1. The van der Waals surface area contributed by atoms with Crippen LogP contribution in [0.4, 0.5) is 5.69 Å². The van der Waals surface area contributed by atoms with Gasteiger partial charge in [0.2, 0.25) is 5.91 Å². The van der Waals surface area contributed by atoms with Gasteiger partial charge in [0.15, 0.2) is 0 Å². The summed E-state index contributed by atoms with van der Waals surface area (Å²) in [4.78, 5) is 28.5. The van der Waals surface area contributed by atoms with E-state index in [1.807, 2.05) is 6.92 Å². The Balaban J connectivity index is 2.69. The molecule has 0 saturated carbocycles. The summed E-state index contributed by atoms with van der Waals surface area (Å²) in [7, 11) is -2.52. The summed E-state index contributed by atoms with van der Waals surface area (Å²) in [6.07, 6.45) is 2.21. The van der Waals surface area contributed by atoms with E-state index in [0.717, 1.165) is 0 Å². The van der Waals surface area contributed by atoms with Crippen molar-refractivity contribution in [3.63, 3.8) is 0 Å². The Hall–Kier alpha value is -1.62. The van der Waals surface area contributed by atoms with Gasteiger partial charge in [0, 0.05) is 12.6 Å². The van der Waals surface area contributed by atoms with Crippen LogP contribution in [0, 0.1) is 0 Å². The molecule has 1 amide bonds. The molecular weight excluding hydrogens is 269 g/mol. The van der Waals surface area contributed by atoms with Crippen molar-refractivity contribution in [1.82, 2.24) is 0 Å². The molecule has 3 N–H and O–H groups in total. The largest absolute Gasteiger partial charge is 0.426 e. The molecule has 0 atom stereocenters. The Morgan fingerprint density at radius 3 is 2.47 bits per heavy atom. The third kappa shape index (κ3) is 6.20. The molecule has 0 spiro atoms. The van der Waals surface area contributed by atoms with Gasteiger partial charge in [-0.05, 0) is 36.8 Å². The van der Waals surface area contributed by atoms with Crippen LogP contribution in [-0.2, 0) is 9.32 Å². The van der Waals surface area contributed by atoms with Crippen LogP contribution in [0.15, 0.2) is 36.3 Å². The SMILES string of the molecule is CC/C=C(\Oc1ccc(NC(C)=O)cc1)OP(O)O. The number of amides is 1. The fourth-order valence-corrected chi connectivity index (χ4v) is 1.54. The number of nitrogens with one attached hydrogen (secondary N) is 1. The van der Waals surface area contributed by atoms with Crippen molar-refractivity contribution < 1.29 is 23.8 Å². The number of carbonyl (C=O) groups excluding carboxylic acids is 1. The first-order valence-electron chi connectivity index (χ1n) is 5.62. The summed E-state index contributed by atoms with van der Waals surface area (Å²) in [6.45, 7) is 3.29. The maximum atomic E-state index is 10.9. The summed E-state index contributed by atoms with van der Waals surface area (Å²) in [5, 5.41) is 2.63. The summed E-state index contributed by atoms with van der Waals surface area (Å²) >= 11 is 0. The lowest BCUT2D eigenvalue weighted by Gasteiger charge is -2.11. The van der Waals surface area contributed by atoms with Crippen LogP contribution in [-0.4, -0.2) is 15.7 Å². The zero-order valence-corrected chi connectivity index (χ0v) is 11.6. The third-order valence-corrected chi connectivity index (χ3v) is 2.28. The van der Waals surface area contributed by atoms with Crippen molar-refractivity contribution in [2.45, 2.75) is 20.3 Å². The maximum Gasteiger partial charge on any atom is 0.393 e. The van der Waals surface area contributed by atoms with E-state index in [2.05, 4.69) is 5.32 Å². The number of allylic oxidation sites excluding steroid dienone is 1. The smallest absolute Gasteiger partial charge is 0.393 e. The molecule has 104 valence electrons. The fraction of sp³-hybridized carbons (Fsp3) is 0.250. The normalized spacial score (nSPS) is 11.3. The molecule has 0 aliphatic carbocycles. The van der Waals surface area contributed by atoms with Crippen LogP contribution in [0.25, 0.3) is 0 Å². The van der Waals surface area contributed by atoms with Gasteiger partial charge in [-0.25, -0.2) is 0 Å². The van der Waals surface area contributed by atoms with E-state index in [1.54, 1.807) is 30.3 Å². The average Bonchev–Trinajstić information content (AvgIpc) is 2.30. The van der Waals surface area contributed by atoms with Gasteiger partial charge in [-0.2, -0.15) is 0 Å². The van der Waals surface area contributed by atoms with Crippen molar-refractivity contribution >= 4 is 20.2 Å². The predicted octanol–water partition coefficient (Wildman–Crippen LogP) is 2.50. The molecule has 6 nitrogen and oxygen atoms in total. The highest BCUT2D eigenvalue weighted by molar-refractivity contribution is 7.39. The van der Waals surface area contributed by atoms with E-state index in [1.165, 1.54) is 6.92 Å². The average molecular weight is 285 g/mol. The Morgan fingerprint density at radius 1 is 1.37 bits per heavy atom. The van der Waals surface area contributed by atoms with Crippen molar-refractivity contribution in [3.05, 3.63) is 36.3 Å². The minimum atomic E-state index is -2.52. The van der Waals surface area contributed by atoms with Gasteiger partial charge in [0.05, 0.1) is 0 Å². The van der Waals surface area contributed by atoms with Gasteiger partial charge in [-0.3, -0.25) is 4.79 Å². The van der Waals surface area contributed by atoms with Gasteiger partial charge >= 0.3 is 8.60 Å². The first kappa shape index (κ1) is 15.4. The second kappa shape index (κ2) is 7.74. The quantitative estimate of drug-likeness (QED) is 0.552. The number of benzene rings is 1. The summed E-state index contributed by atoms with van der Waals surface area (Å²) in [5.74, 6) is 0.339. The van der Waals surface area contributed by atoms with E-state index < -0.39 is 8.60 Å². The van der Waals surface area contributed by atoms with Crippen LogP contribution in [0.1, 0.15) is 20.3 Å². The first-order valence-corrected chi connectivity index (χ1v) is 6.79. The molecule has 0 saturated heterocycles. The van der Waals surface area contributed by atoms with Crippen molar-refractivity contribution in [2.24, 2.45) is 0 Å². The van der Waals surface area contributed by atoms with Gasteiger partial charge in [0.1, 0.15) is 5.75 Å². The molecular formula is C12H16NO5P. The van der Waals surface area contributed by atoms with Crippen molar-refractivity contribution in [2.75, 3.05) is 5.32 Å². The second-order valence-corrected chi connectivity index (χ2v) is 4.27. The van der Waals surface area contributed by atoms with E-state index >= 15 is 0 Å². The zero-order valence-electron chi connectivity index (χ0n) is 10.7. The monoisotopic (exact) mass is 285 g/mol. The number of hydrogen-bond acceptors (Lipinski definition) is 5. The lowest BCUT2D eigenvalue weighted by Crippen LogP contribution is -2.05. The Bertz CT molecular complexity index is 444. The number of hydrogen-bond donors (Lipinski definition) is 3. The van der Waals surface area contributed by atoms with Crippen LogP contribution < -0.4 is 10.1 Å². The van der Waals surface area contributed by atoms with E-state index in [9.17, 15) is 4.79 Å². The van der Waals surface area contributed by atoms with Gasteiger partial charge in [-0.1, -0.05) is 6.92 Å². The third-order valence-electron chi connectivity index (χ3n) is 1.94. The number of carbonyl (C=O) groups is 1. The van der Waals surface area contributed by atoms with Gasteiger partial charge in [-0.15, -0.1) is 0 Å². The van der Waals surface area contributed by atoms with E-state index in [-0.39, 0.29) is 11.9 Å². The van der Waals surface area contributed by atoms with Gasteiger partial charge in [0.25, 0.3) is 5.95 Å². The number of rotatable bonds is 6. The topological polar surface area (TPSA) is 88.0 Å². The fourth-order valence-electron chi connectivity index (χ4n) is 1.27. The van der Waals surface area contributed by atoms with Crippen LogP contribution in [0.5, 0.6) is 5.75 Å². The first-order chi connectivity index (χ1) is 9.01. The number of ether oxygens (including phenoxy) is 1. The molecule has 1 aromatic carbocycles. The maximum absolute atomic E-state index is 10.9. The van der Waals surface area contributed by atoms with Crippen molar-refractivity contribution in [3.8, 4) is 5.75 Å². The Labute approximate surface area is 112 Å². The molecule has 19 heavy (non-hydrogen) atoms. The molecule has 0 heterocycles. The predicted molar refractivity (Wildman–Crippen MR) is 72.2 cm³/mol.